The molecule has 0 radical (unpaired) electrons. The summed E-state index contributed by atoms with van der Waals surface area (Å²) in [5.74, 6) is -1.21. The van der Waals surface area contributed by atoms with Gasteiger partial charge in [0.05, 0.1) is 11.6 Å². The lowest BCUT2D eigenvalue weighted by molar-refractivity contribution is -0.178. The Morgan fingerprint density at radius 1 is 1.25 bits per heavy atom. The van der Waals surface area contributed by atoms with Gasteiger partial charge in [-0.2, -0.15) is 13.2 Å². The van der Waals surface area contributed by atoms with Crippen molar-refractivity contribution in [3.63, 3.8) is 0 Å². The lowest BCUT2D eigenvalue weighted by Gasteiger charge is -2.24. The standard InChI is InChI=1S/C7H10F3NO/c8-7(9,10)5-1-3-6(11-12)4-2-5/h5,12H,1-4H2. The first-order chi connectivity index (χ1) is 5.54. The summed E-state index contributed by atoms with van der Waals surface area (Å²) in [4.78, 5) is 0. The minimum atomic E-state index is -4.08. The minimum absolute atomic E-state index is 0.0584. The number of nitrogens with zero attached hydrogens (tertiary/aromatic N) is 1. The molecule has 0 spiro atoms. The van der Waals surface area contributed by atoms with Crippen molar-refractivity contribution < 1.29 is 18.4 Å². The molecule has 0 aliphatic heterocycles. The average Bonchev–Trinajstić information content (AvgIpc) is 2.03. The summed E-state index contributed by atoms with van der Waals surface area (Å²) in [5, 5.41) is 11.2. The topological polar surface area (TPSA) is 32.6 Å². The molecule has 2 nitrogen and oxygen atoms in total. The van der Waals surface area contributed by atoms with Crippen LogP contribution in [0.25, 0.3) is 0 Å². The lowest BCUT2D eigenvalue weighted by atomic mass is 9.87. The van der Waals surface area contributed by atoms with Gasteiger partial charge in [-0.25, -0.2) is 0 Å². The molecule has 0 aromatic heterocycles. The van der Waals surface area contributed by atoms with Gasteiger partial charge in [0, 0.05) is 0 Å². The van der Waals surface area contributed by atoms with Crippen LogP contribution >= 0.6 is 0 Å². The molecule has 1 aliphatic carbocycles. The van der Waals surface area contributed by atoms with Crippen molar-refractivity contribution in [2.75, 3.05) is 0 Å². The highest BCUT2D eigenvalue weighted by molar-refractivity contribution is 5.84. The summed E-state index contributed by atoms with van der Waals surface area (Å²) in [5.41, 5.74) is 0.482. The van der Waals surface area contributed by atoms with Crippen LogP contribution in [-0.4, -0.2) is 17.1 Å². The van der Waals surface area contributed by atoms with E-state index < -0.39 is 12.1 Å². The predicted octanol–water partition coefficient (Wildman–Crippen LogP) is 2.57. The fourth-order valence-electron chi connectivity index (χ4n) is 1.38. The van der Waals surface area contributed by atoms with Crippen molar-refractivity contribution in [2.24, 2.45) is 11.1 Å². The van der Waals surface area contributed by atoms with Crippen molar-refractivity contribution in [3.8, 4) is 0 Å². The van der Waals surface area contributed by atoms with E-state index in [4.69, 9.17) is 5.21 Å². The van der Waals surface area contributed by atoms with Gasteiger partial charge in [0.15, 0.2) is 0 Å². The van der Waals surface area contributed by atoms with E-state index in [2.05, 4.69) is 5.16 Å². The SMILES string of the molecule is ON=C1CCC(C(F)(F)F)CC1. The summed E-state index contributed by atoms with van der Waals surface area (Å²) in [7, 11) is 0. The number of hydrogen-bond acceptors (Lipinski definition) is 2. The molecule has 1 N–H and O–H groups in total. The van der Waals surface area contributed by atoms with E-state index in [-0.39, 0.29) is 25.7 Å². The third-order valence-electron chi connectivity index (χ3n) is 2.17. The van der Waals surface area contributed by atoms with Gasteiger partial charge in [-0.05, 0) is 25.7 Å². The maximum Gasteiger partial charge on any atom is 0.391 e. The van der Waals surface area contributed by atoms with Crippen LogP contribution in [0.2, 0.25) is 0 Å². The smallest absolute Gasteiger partial charge is 0.391 e. The van der Waals surface area contributed by atoms with Gasteiger partial charge in [0.2, 0.25) is 0 Å². The van der Waals surface area contributed by atoms with Gasteiger partial charge in [-0.1, -0.05) is 5.16 Å². The molecule has 1 saturated carbocycles. The maximum absolute atomic E-state index is 12.1. The molecule has 0 heterocycles. The Balaban J connectivity index is 2.47. The summed E-state index contributed by atoms with van der Waals surface area (Å²) < 4.78 is 36.2. The Bertz CT molecular complexity index is 178. The second-order valence-electron chi connectivity index (χ2n) is 2.98. The van der Waals surface area contributed by atoms with Crippen LogP contribution in [0.15, 0.2) is 5.16 Å². The van der Waals surface area contributed by atoms with Crippen LogP contribution in [-0.2, 0) is 0 Å². The predicted molar refractivity (Wildman–Crippen MR) is 37.2 cm³/mol. The van der Waals surface area contributed by atoms with Crippen molar-refractivity contribution >= 4 is 5.71 Å². The Labute approximate surface area is 68.1 Å². The third-order valence-corrected chi connectivity index (χ3v) is 2.17. The summed E-state index contributed by atoms with van der Waals surface area (Å²) in [6, 6.07) is 0. The molecule has 1 aliphatic rings. The number of oxime groups is 1. The summed E-state index contributed by atoms with van der Waals surface area (Å²) in [6.45, 7) is 0. The molecule has 0 bridgehead atoms. The highest BCUT2D eigenvalue weighted by atomic mass is 19.4. The molecular weight excluding hydrogens is 171 g/mol. The van der Waals surface area contributed by atoms with Gasteiger partial charge in [0.25, 0.3) is 0 Å². The molecule has 0 amide bonds. The Morgan fingerprint density at radius 2 is 1.75 bits per heavy atom. The second-order valence-corrected chi connectivity index (χ2v) is 2.98. The normalized spacial score (nSPS) is 25.6. The first-order valence-corrected chi connectivity index (χ1v) is 3.80. The number of alkyl halides is 3. The zero-order chi connectivity index (χ0) is 9.19. The molecule has 5 heteroatoms. The van der Waals surface area contributed by atoms with E-state index in [1.807, 2.05) is 0 Å². The zero-order valence-corrected chi connectivity index (χ0v) is 6.43. The second kappa shape index (κ2) is 3.33. The van der Waals surface area contributed by atoms with E-state index in [1.165, 1.54) is 0 Å². The van der Waals surface area contributed by atoms with Gasteiger partial charge in [-0.15, -0.1) is 0 Å². The molecule has 70 valence electrons. The van der Waals surface area contributed by atoms with E-state index in [0.29, 0.717) is 5.71 Å². The molecule has 0 aromatic rings. The van der Waals surface area contributed by atoms with Crippen molar-refractivity contribution in [2.45, 2.75) is 31.9 Å². The fraction of sp³-hybridized carbons (Fsp3) is 0.857. The van der Waals surface area contributed by atoms with Gasteiger partial charge in [0.1, 0.15) is 0 Å². The quantitative estimate of drug-likeness (QED) is 0.452. The van der Waals surface area contributed by atoms with Crippen LogP contribution in [0.4, 0.5) is 13.2 Å². The molecule has 12 heavy (non-hydrogen) atoms. The van der Waals surface area contributed by atoms with Gasteiger partial charge < -0.3 is 5.21 Å². The first kappa shape index (κ1) is 9.35. The summed E-state index contributed by atoms with van der Waals surface area (Å²) >= 11 is 0. The monoisotopic (exact) mass is 181 g/mol. The zero-order valence-electron chi connectivity index (χ0n) is 6.43. The van der Waals surface area contributed by atoms with Crippen molar-refractivity contribution in [1.29, 1.82) is 0 Å². The molecule has 0 unspecified atom stereocenters. The minimum Gasteiger partial charge on any atom is -0.411 e. The van der Waals surface area contributed by atoms with E-state index >= 15 is 0 Å². The maximum atomic E-state index is 12.1. The average molecular weight is 181 g/mol. The molecule has 0 saturated heterocycles. The molecule has 1 fully saturated rings. The van der Waals surface area contributed by atoms with Crippen LogP contribution < -0.4 is 0 Å². The van der Waals surface area contributed by atoms with E-state index in [0.717, 1.165) is 0 Å². The molecule has 0 aromatic carbocycles. The lowest BCUT2D eigenvalue weighted by Crippen LogP contribution is -2.27. The van der Waals surface area contributed by atoms with Gasteiger partial charge >= 0.3 is 6.18 Å². The number of rotatable bonds is 0. The van der Waals surface area contributed by atoms with E-state index in [9.17, 15) is 13.2 Å². The van der Waals surface area contributed by atoms with Gasteiger partial charge in [-0.3, -0.25) is 0 Å². The van der Waals surface area contributed by atoms with E-state index in [1.54, 1.807) is 0 Å². The van der Waals surface area contributed by atoms with Crippen molar-refractivity contribution in [1.82, 2.24) is 0 Å². The molecule has 1 rings (SSSR count). The molecular formula is C7H10F3NO. The Morgan fingerprint density at radius 3 is 2.08 bits per heavy atom. The highest BCUT2D eigenvalue weighted by Crippen LogP contribution is 2.36. The van der Waals surface area contributed by atoms with Crippen LogP contribution in [0.3, 0.4) is 0 Å². The van der Waals surface area contributed by atoms with Crippen LogP contribution in [0, 0.1) is 5.92 Å². The molecule has 0 atom stereocenters. The largest absolute Gasteiger partial charge is 0.411 e. The highest BCUT2D eigenvalue weighted by Gasteiger charge is 2.40. The van der Waals surface area contributed by atoms with Crippen molar-refractivity contribution in [3.05, 3.63) is 0 Å². The first-order valence-electron chi connectivity index (χ1n) is 3.80. The number of hydrogen-bond donors (Lipinski definition) is 1. The fourth-order valence-corrected chi connectivity index (χ4v) is 1.38. The van der Waals surface area contributed by atoms with Crippen LogP contribution in [0.1, 0.15) is 25.7 Å². The number of halogens is 3. The third kappa shape index (κ3) is 2.12. The van der Waals surface area contributed by atoms with Crippen LogP contribution in [0.5, 0.6) is 0 Å². The Hall–Kier alpha value is -0.740. The summed E-state index contributed by atoms with van der Waals surface area (Å²) in [6.07, 6.45) is -3.44. The Kier molecular flexibility index (Phi) is 2.59.